The Bertz CT molecular complexity index is 531. The van der Waals surface area contributed by atoms with Gasteiger partial charge in [-0.15, -0.1) is 23.1 Å². The van der Waals surface area contributed by atoms with Crippen molar-refractivity contribution in [2.75, 3.05) is 0 Å². The third kappa shape index (κ3) is 2.55. The Labute approximate surface area is 110 Å². The molecule has 3 heteroatoms. The first-order valence-electron chi connectivity index (χ1n) is 5.97. The lowest BCUT2D eigenvalue weighted by atomic mass is 10.1. The Morgan fingerprint density at radius 2 is 2.18 bits per heavy atom. The molecule has 1 aromatic carbocycles. The van der Waals surface area contributed by atoms with Gasteiger partial charge in [0.25, 0.3) is 0 Å². The molecule has 0 aliphatic heterocycles. The Balaban J connectivity index is 1.69. The van der Waals surface area contributed by atoms with E-state index in [-0.39, 0.29) is 0 Å². The number of aryl methyl sites for hydroxylation is 3. The second-order valence-corrected chi connectivity index (χ2v) is 6.54. The van der Waals surface area contributed by atoms with Crippen LogP contribution >= 0.6 is 23.1 Å². The maximum absolute atomic E-state index is 4.50. The molecule has 1 aromatic heterocycles. The predicted octanol–water partition coefficient (Wildman–Crippen LogP) is 4.23. The van der Waals surface area contributed by atoms with E-state index in [4.69, 9.17) is 0 Å². The molecule has 0 unspecified atom stereocenters. The second-order valence-electron chi connectivity index (χ2n) is 4.43. The molecule has 1 aliphatic carbocycles. The fourth-order valence-corrected chi connectivity index (χ4v) is 3.84. The molecule has 0 atom stereocenters. The molecule has 1 heterocycles. The van der Waals surface area contributed by atoms with E-state index in [1.165, 1.54) is 29.9 Å². The maximum Gasteiger partial charge on any atom is 0.0897 e. The number of benzene rings is 1. The molecule has 0 N–H and O–H groups in total. The lowest BCUT2D eigenvalue weighted by Crippen LogP contribution is -1.84. The van der Waals surface area contributed by atoms with E-state index >= 15 is 0 Å². The zero-order chi connectivity index (χ0) is 11.7. The van der Waals surface area contributed by atoms with Crippen LogP contribution in [-0.2, 0) is 18.6 Å². The smallest absolute Gasteiger partial charge is 0.0897 e. The molecule has 17 heavy (non-hydrogen) atoms. The highest BCUT2D eigenvalue weighted by Crippen LogP contribution is 2.29. The zero-order valence-corrected chi connectivity index (χ0v) is 11.5. The summed E-state index contributed by atoms with van der Waals surface area (Å²) >= 11 is 3.63. The molecular weight excluding hydrogens is 246 g/mol. The first kappa shape index (κ1) is 11.3. The zero-order valence-electron chi connectivity index (χ0n) is 9.90. The largest absolute Gasteiger partial charge is 0.246 e. The van der Waals surface area contributed by atoms with Crippen LogP contribution in [0.3, 0.4) is 0 Å². The molecule has 0 fully saturated rings. The van der Waals surface area contributed by atoms with Gasteiger partial charge < -0.3 is 0 Å². The monoisotopic (exact) mass is 261 g/mol. The van der Waals surface area contributed by atoms with Gasteiger partial charge in [0.05, 0.1) is 10.7 Å². The molecule has 0 radical (unpaired) electrons. The Morgan fingerprint density at radius 1 is 1.29 bits per heavy atom. The molecule has 0 amide bonds. The lowest BCUT2D eigenvalue weighted by Gasteiger charge is -2.03. The van der Waals surface area contributed by atoms with Crippen molar-refractivity contribution >= 4 is 23.1 Å². The van der Waals surface area contributed by atoms with Crippen molar-refractivity contribution in [2.24, 2.45) is 0 Å². The van der Waals surface area contributed by atoms with Crippen LogP contribution in [0.5, 0.6) is 0 Å². The average molecular weight is 261 g/mol. The van der Waals surface area contributed by atoms with Crippen molar-refractivity contribution in [3.63, 3.8) is 0 Å². The molecule has 1 nitrogen and oxygen atoms in total. The number of thioether (sulfide) groups is 1. The number of hydrogen-bond acceptors (Lipinski definition) is 3. The second kappa shape index (κ2) is 4.83. The summed E-state index contributed by atoms with van der Waals surface area (Å²) in [6, 6.07) is 6.93. The normalized spacial score (nSPS) is 13.9. The molecule has 2 aromatic rings. The highest BCUT2D eigenvalue weighted by atomic mass is 32.2. The summed E-state index contributed by atoms with van der Waals surface area (Å²) in [5.41, 5.74) is 4.32. The van der Waals surface area contributed by atoms with Gasteiger partial charge in [0.1, 0.15) is 0 Å². The number of thiazole rings is 1. The number of hydrogen-bond donors (Lipinski definition) is 0. The van der Waals surface area contributed by atoms with E-state index in [9.17, 15) is 0 Å². The van der Waals surface area contributed by atoms with Crippen LogP contribution in [0.4, 0.5) is 0 Å². The third-order valence-corrected chi connectivity index (χ3v) is 4.97. The van der Waals surface area contributed by atoms with Crippen LogP contribution in [0.2, 0.25) is 0 Å². The summed E-state index contributed by atoms with van der Waals surface area (Å²) in [7, 11) is 0. The Kier molecular flexibility index (Phi) is 3.21. The van der Waals surface area contributed by atoms with E-state index in [1.807, 2.05) is 11.8 Å². The van der Waals surface area contributed by atoms with E-state index in [0.29, 0.717) is 0 Å². The van der Waals surface area contributed by atoms with Gasteiger partial charge in [0.2, 0.25) is 0 Å². The number of fused-ring (bicyclic) bond motifs is 1. The summed E-state index contributed by atoms with van der Waals surface area (Å²) in [6.07, 6.45) is 3.86. The summed E-state index contributed by atoms with van der Waals surface area (Å²) in [5.74, 6) is 0.989. The quantitative estimate of drug-likeness (QED) is 0.767. The Hall–Kier alpha value is -0.800. The van der Waals surface area contributed by atoms with Crippen LogP contribution in [0.15, 0.2) is 28.5 Å². The van der Waals surface area contributed by atoms with Gasteiger partial charge in [-0.25, -0.2) is 4.98 Å². The summed E-state index contributed by atoms with van der Waals surface area (Å²) < 4.78 is 0. The van der Waals surface area contributed by atoms with E-state index in [2.05, 4.69) is 35.5 Å². The molecule has 3 rings (SSSR count). The molecule has 0 saturated heterocycles. The minimum atomic E-state index is 0.989. The van der Waals surface area contributed by atoms with Gasteiger partial charge in [-0.05, 0) is 49.4 Å². The van der Waals surface area contributed by atoms with E-state index in [1.54, 1.807) is 22.5 Å². The van der Waals surface area contributed by atoms with E-state index < -0.39 is 0 Å². The minimum Gasteiger partial charge on any atom is -0.246 e. The van der Waals surface area contributed by atoms with Crippen LogP contribution in [0.1, 0.15) is 28.2 Å². The summed E-state index contributed by atoms with van der Waals surface area (Å²) in [5, 5.41) is 3.32. The van der Waals surface area contributed by atoms with Gasteiger partial charge in [-0.3, -0.25) is 0 Å². The standard InChI is InChI=1S/C14H15NS2/c1-10-15-13(8-16-10)9-17-14-6-5-11-3-2-4-12(11)7-14/h5-8H,2-4,9H2,1H3. The van der Waals surface area contributed by atoms with E-state index in [0.717, 1.165) is 10.8 Å². The highest BCUT2D eigenvalue weighted by Gasteiger charge is 2.11. The van der Waals surface area contributed by atoms with Gasteiger partial charge >= 0.3 is 0 Å². The molecule has 0 saturated carbocycles. The molecule has 0 bridgehead atoms. The summed E-state index contributed by atoms with van der Waals surface area (Å²) in [4.78, 5) is 5.88. The van der Waals surface area contributed by atoms with Crippen molar-refractivity contribution in [2.45, 2.75) is 36.8 Å². The van der Waals surface area contributed by atoms with Crippen molar-refractivity contribution in [1.82, 2.24) is 4.98 Å². The molecule has 1 aliphatic rings. The predicted molar refractivity (Wildman–Crippen MR) is 74.9 cm³/mol. The van der Waals surface area contributed by atoms with Crippen molar-refractivity contribution in [1.29, 1.82) is 0 Å². The summed E-state index contributed by atoms with van der Waals surface area (Å²) in [6.45, 7) is 2.06. The van der Waals surface area contributed by atoms with Gasteiger partial charge in [-0.2, -0.15) is 0 Å². The Morgan fingerprint density at radius 3 is 3.00 bits per heavy atom. The van der Waals surface area contributed by atoms with Crippen LogP contribution in [-0.4, -0.2) is 4.98 Å². The first-order chi connectivity index (χ1) is 8.31. The van der Waals surface area contributed by atoms with Crippen molar-refractivity contribution in [3.05, 3.63) is 45.4 Å². The third-order valence-electron chi connectivity index (χ3n) is 3.12. The fraction of sp³-hybridized carbons (Fsp3) is 0.357. The van der Waals surface area contributed by atoms with Crippen molar-refractivity contribution < 1.29 is 0 Å². The molecule has 88 valence electrons. The number of aromatic nitrogens is 1. The number of rotatable bonds is 3. The van der Waals surface area contributed by atoms with Gasteiger partial charge in [-0.1, -0.05) is 6.07 Å². The van der Waals surface area contributed by atoms with Crippen LogP contribution in [0.25, 0.3) is 0 Å². The van der Waals surface area contributed by atoms with Crippen molar-refractivity contribution in [3.8, 4) is 0 Å². The molecular formula is C14H15NS2. The first-order valence-corrected chi connectivity index (χ1v) is 7.83. The van der Waals surface area contributed by atoms with Crippen LogP contribution < -0.4 is 0 Å². The molecule has 0 spiro atoms. The topological polar surface area (TPSA) is 12.9 Å². The minimum absolute atomic E-state index is 0.989. The van der Waals surface area contributed by atoms with Gasteiger partial charge in [0, 0.05) is 16.0 Å². The lowest BCUT2D eigenvalue weighted by molar-refractivity contribution is 0.911. The average Bonchev–Trinajstić information content (AvgIpc) is 2.94. The fourth-order valence-electron chi connectivity index (χ4n) is 2.27. The maximum atomic E-state index is 4.50. The highest BCUT2D eigenvalue weighted by molar-refractivity contribution is 7.98. The SMILES string of the molecule is Cc1nc(CSc2ccc3c(c2)CCC3)cs1. The van der Waals surface area contributed by atoms with Gasteiger partial charge in [0.15, 0.2) is 0 Å². The number of nitrogens with zero attached hydrogens (tertiary/aromatic N) is 1. The van der Waals surface area contributed by atoms with Crippen LogP contribution in [0, 0.1) is 6.92 Å².